The van der Waals surface area contributed by atoms with Gasteiger partial charge in [-0.1, -0.05) is 24.5 Å². The highest BCUT2D eigenvalue weighted by atomic mass is 28.4. The van der Waals surface area contributed by atoms with E-state index >= 15 is 0 Å². The molecule has 0 aliphatic heterocycles. The fraction of sp³-hybridized carbons (Fsp3) is 0.821. The van der Waals surface area contributed by atoms with Crippen LogP contribution in [0.1, 0.15) is 65.2 Å². The summed E-state index contributed by atoms with van der Waals surface area (Å²) in [7, 11) is -3.39. The fourth-order valence-corrected chi connectivity index (χ4v) is 10.1. The molecule has 0 N–H and O–H groups in total. The third-order valence-electron chi connectivity index (χ3n) is 9.35. The predicted molar refractivity (Wildman–Crippen MR) is 141 cm³/mol. The van der Waals surface area contributed by atoms with Gasteiger partial charge in [-0.3, -0.25) is 4.79 Å². The molecule has 6 atom stereocenters. The first-order chi connectivity index (χ1) is 15.3. The summed E-state index contributed by atoms with van der Waals surface area (Å²) in [5.74, 6) is 9.26. The van der Waals surface area contributed by atoms with E-state index in [4.69, 9.17) is 8.85 Å². The zero-order chi connectivity index (χ0) is 24.3. The molecule has 0 amide bonds. The molecular formula is C28H46O3Si2. The highest BCUT2D eigenvalue weighted by Gasteiger charge is 2.65. The van der Waals surface area contributed by atoms with Crippen LogP contribution in [-0.2, 0) is 13.6 Å². The molecule has 0 radical (unpaired) electrons. The summed E-state index contributed by atoms with van der Waals surface area (Å²) in [5, 5.41) is 0. The lowest BCUT2D eigenvalue weighted by molar-refractivity contribution is -0.125. The Bertz CT molecular complexity index is 886. The lowest BCUT2D eigenvalue weighted by Gasteiger charge is -2.60. The Morgan fingerprint density at radius 2 is 1.73 bits per heavy atom. The van der Waals surface area contributed by atoms with E-state index in [1.807, 2.05) is 6.92 Å². The first-order valence-corrected chi connectivity index (χ1v) is 20.1. The SMILES string of the molecule is CC#C[C@]1(O[Si](C)(C)C)CC[C@H]2[C@@H]3CC=C4CC(=O)CC[C@]4(CO[Si](C)(C)C)[C@H]3CC[C@@]21C. The minimum absolute atomic E-state index is 0.0692. The average molecular weight is 487 g/mol. The molecule has 0 unspecified atom stereocenters. The summed E-state index contributed by atoms with van der Waals surface area (Å²) in [6.07, 6.45) is 10.6. The third kappa shape index (κ3) is 4.39. The first kappa shape index (κ1) is 25.4. The summed E-state index contributed by atoms with van der Waals surface area (Å²) in [6, 6.07) is 0. The van der Waals surface area contributed by atoms with Gasteiger partial charge in [0.1, 0.15) is 11.4 Å². The number of allylic oxidation sites excluding steroid dienone is 1. The Morgan fingerprint density at radius 1 is 1.03 bits per heavy atom. The Morgan fingerprint density at radius 3 is 2.36 bits per heavy atom. The van der Waals surface area contributed by atoms with E-state index in [9.17, 15) is 4.79 Å². The maximum Gasteiger partial charge on any atom is 0.185 e. The molecule has 4 aliphatic carbocycles. The van der Waals surface area contributed by atoms with E-state index in [0.717, 1.165) is 32.3 Å². The quantitative estimate of drug-likeness (QED) is 0.239. The summed E-state index contributed by atoms with van der Waals surface area (Å²) in [4.78, 5) is 12.4. The molecule has 0 heterocycles. The van der Waals surface area contributed by atoms with Gasteiger partial charge in [-0.15, -0.1) is 5.92 Å². The van der Waals surface area contributed by atoms with Crippen molar-refractivity contribution < 1.29 is 13.6 Å². The van der Waals surface area contributed by atoms with Crippen molar-refractivity contribution in [1.29, 1.82) is 0 Å². The second-order valence-electron chi connectivity index (χ2n) is 13.5. The second-order valence-corrected chi connectivity index (χ2v) is 22.5. The van der Waals surface area contributed by atoms with Crippen molar-refractivity contribution in [2.45, 2.75) is 110 Å². The molecular weight excluding hydrogens is 440 g/mol. The number of carbonyl (C=O) groups excluding carboxylic acids is 1. The van der Waals surface area contributed by atoms with Crippen molar-refractivity contribution in [3.63, 3.8) is 0 Å². The molecule has 184 valence electrons. The number of hydrogen-bond acceptors (Lipinski definition) is 3. The van der Waals surface area contributed by atoms with Crippen LogP contribution >= 0.6 is 0 Å². The highest BCUT2D eigenvalue weighted by Crippen LogP contribution is 2.68. The lowest BCUT2D eigenvalue weighted by Crippen LogP contribution is -2.58. The molecule has 0 spiro atoms. The van der Waals surface area contributed by atoms with Crippen molar-refractivity contribution in [1.82, 2.24) is 0 Å². The zero-order valence-electron chi connectivity index (χ0n) is 22.4. The van der Waals surface area contributed by atoms with Crippen LogP contribution in [0.4, 0.5) is 0 Å². The van der Waals surface area contributed by atoms with Crippen LogP contribution in [0.5, 0.6) is 0 Å². The number of fused-ring (bicyclic) bond motifs is 5. The largest absolute Gasteiger partial charge is 0.417 e. The molecule has 4 rings (SSSR count). The van der Waals surface area contributed by atoms with E-state index in [1.54, 1.807) is 0 Å². The smallest absolute Gasteiger partial charge is 0.185 e. The van der Waals surface area contributed by atoms with Gasteiger partial charge in [-0.25, -0.2) is 0 Å². The zero-order valence-corrected chi connectivity index (χ0v) is 24.4. The Hall–Kier alpha value is -0.676. The van der Waals surface area contributed by atoms with Crippen LogP contribution in [0.15, 0.2) is 11.6 Å². The maximum absolute atomic E-state index is 12.4. The van der Waals surface area contributed by atoms with Gasteiger partial charge in [-0.2, -0.15) is 0 Å². The van der Waals surface area contributed by atoms with Crippen LogP contribution in [0.2, 0.25) is 39.3 Å². The molecule has 5 heteroatoms. The minimum atomic E-state index is -1.75. The van der Waals surface area contributed by atoms with E-state index < -0.39 is 16.6 Å². The molecule has 0 aromatic heterocycles. The number of ketones is 1. The van der Waals surface area contributed by atoms with Crippen LogP contribution in [0, 0.1) is 40.4 Å². The molecule has 0 saturated heterocycles. The number of Topliss-reactive ketones (excluding diaryl/α,β-unsaturated/α-hetero) is 1. The normalized spacial score (nSPS) is 40.8. The average Bonchev–Trinajstić information content (AvgIpc) is 2.97. The predicted octanol–water partition coefficient (Wildman–Crippen LogP) is 6.96. The molecule has 3 fully saturated rings. The molecule has 3 saturated carbocycles. The number of carbonyl (C=O) groups is 1. The van der Waals surface area contributed by atoms with Crippen LogP contribution in [0.3, 0.4) is 0 Å². The van der Waals surface area contributed by atoms with Gasteiger partial charge >= 0.3 is 0 Å². The summed E-state index contributed by atoms with van der Waals surface area (Å²) < 4.78 is 13.6. The van der Waals surface area contributed by atoms with Gasteiger partial charge in [0.05, 0.1) is 0 Å². The number of hydrogen-bond donors (Lipinski definition) is 0. The molecule has 0 aromatic rings. The van der Waals surface area contributed by atoms with Gasteiger partial charge in [0.25, 0.3) is 0 Å². The maximum atomic E-state index is 12.4. The third-order valence-corrected chi connectivity index (χ3v) is 11.3. The van der Waals surface area contributed by atoms with E-state index in [-0.39, 0.29) is 16.4 Å². The molecule has 0 aromatic carbocycles. The van der Waals surface area contributed by atoms with Gasteiger partial charge in [-0.05, 0) is 102 Å². The molecule has 0 bridgehead atoms. The van der Waals surface area contributed by atoms with Crippen molar-refractivity contribution in [3.8, 4) is 11.8 Å². The van der Waals surface area contributed by atoms with Crippen molar-refractivity contribution >= 4 is 22.4 Å². The van der Waals surface area contributed by atoms with Gasteiger partial charge < -0.3 is 8.85 Å². The summed E-state index contributed by atoms with van der Waals surface area (Å²) in [5.41, 5.74) is 1.29. The highest BCUT2D eigenvalue weighted by molar-refractivity contribution is 6.70. The first-order valence-electron chi connectivity index (χ1n) is 13.2. The molecule has 33 heavy (non-hydrogen) atoms. The van der Waals surface area contributed by atoms with Gasteiger partial charge in [0.2, 0.25) is 0 Å². The van der Waals surface area contributed by atoms with Crippen molar-refractivity contribution in [3.05, 3.63) is 11.6 Å². The standard InChI is InChI=1S/C28H46O3Si2/c1-9-15-28(31-33(6,7)8)18-14-24-23-11-10-21-19-22(29)12-17-27(21,20-30-32(3,4)5)25(23)13-16-26(24,28)2/h10,23-25H,11-14,16-20H2,1-8H3/t23-,24-,25-,26-,27+,28-/m0/s1. The lowest BCUT2D eigenvalue weighted by atomic mass is 9.46. The van der Waals surface area contributed by atoms with Crippen LogP contribution < -0.4 is 0 Å². The topological polar surface area (TPSA) is 35.5 Å². The molecule has 4 aliphatic rings. The number of rotatable bonds is 5. The monoisotopic (exact) mass is 486 g/mol. The fourth-order valence-electron chi connectivity index (χ4n) is 8.02. The van der Waals surface area contributed by atoms with Crippen molar-refractivity contribution in [2.75, 3.05) is 6.61 Å². The van der Waals surface area contributed by atoms with E-state index in [1.165, 1.54) is 24.8 Å². The summed E-state index contributed by atoms with van der Waals surface area (Å²) >= 11 is 0. The van der Waals surface area contributed by atoms with Crippen LogP contribution in [0.25, 0.3) is 0 Å². The van der Waals surface area contributed by atoms with Gasteiger partial charge in [0.15, 0.2) is 16.6 Å². The van der Waals surface area contributed by atoms with Gasteiger partial charge in [0, 0.05) is 30.3 Å². The summed E-state index contributed by atoms with van der Waals surface area (Å²) in [6.45, 7) is 19.1. The van der Waals surface area contributed by atoms with Crippen molar-refractivity contribution in [2.24, 2.45) is 28.6 Å². The second kappa shape index (κ2) is 8.47. The van der Waals surface area contributed by atoms with E-state index in [0.29, 0.717) is 30.0 Å². The van der Waals surface area contributed by atoms with E-state index in [2.05, 4.69) is 64.1 Å². The van der Waals surface area contributed by atoms with Crippen LogP contribution in [-0.4, -0.2) is 34.6 Å². The minimum Gasteiger partial charge on any atom is -0.417 e. The Balaban J connectivity index is 1.71. The Kier molecular flexibility index (Phi) is 6.52. The Labute approximate surface area is 204 Å². The molecule has 3 nitrogen and oxygen atoms in total.